The predicted molar refractivity (Wildman–Crippen MR) is 252 cm³/mol. The predicted octanol–water partition coefficient (Wildman–Crippen LogP) is 13.7. The van der Waals surface area contributed by atoms with Gasteiger partial charge in [0.2, 0.25) is 0 Å². The molecule has 0 unspecified atom stereocenters. The molecular formula is C50H66F4N4O3PS2+. The lowest BCUT2D eigenvalue weighted by molar-refractivity contribution is 0.220. The van der Waals surface area contributed by atoms with Crippen LogP contribution in [0.4, 0.5) is 17.6 Å². The highest BCUT2D eigenvalue weighted by Gasteiger charge is 2.36. The fourth-order valence-electron chi connectivity index (χ4n) is 9.51. The van der Waals surface area contributed by atoms with E-state index in [2.05, 4.69) is 20.6 Å². The highest BCUT2D eigenvalue weighted by atomic mass is 32.2. The van der Waals surface area contributed by atoms with Crippen LogP contribution in [-0.4, -0.2) is 47.8 Å². The third-order valence-electron chi connectivity index (χ3n) is 12.9. The maximum absolute atomic E-state index is 14.9. The van der Waals surface area contributed by atoms with Gasteiger partial charge >= 0.3 is 8.25 Å². The molecule has 0 bridgehead atoms. The number of hydrogen-bond acceptors (Lipinski definition) is 9. The van der Waals surface area contributed by atoms with Gasteiger partial charge in [-0.2, -0.15) is 0 Å². The maximum atomic E-state index is 14.9. The van der Waals surface area contributed by atoms with Gasteiger partial charge in [0, 0.05) is 30.0 Å². The van der Waals surface area contributed by atoms with Crippen LogP contribution in [0.1, 0.15) is 138 Å². The Kier molecular flexibility index (Phi) is 21.3. The quantitative estimate of drug-likeness (QED) is 0.0250. The largest absolute Gasteiger partial charge is 0.697 e. The Morgan fingerprint density at radius 2 is 0.984 bits per heavy atom. The number of benzene rings is 2. The molecule has 2 aliphatic rings. The third-order valence-corrected chi connectivity index (χ3v) is 15.9. The molecule has 2 saturated carbocycles. The van der Waals surface area contributed by atoms with Gasteiger partial charge < -0.3 is 10.6 Å². The zero-order valence-electron chi connectivity index (χ0n) is 37.2. The molecule has 2 fully saturated rings. The van der Waals surface area contributed by atoms with Crippen molar-refractivity contribution in [3.63, 3.8) is 0 Å². The summed E-state index contributed by atoms with van der Waals surface area (Å²) in [6.07, 6.45) is 21.2. The molecule has 0 aliphatic heterocycles. The van der Waals surface area contributed by atoms with Gasteiger partial charge in [0.15, 0.2) is 0 Å². The third kappa shape index (κ3) is 15.6. The normalized spacial score (nSPS) is 15.9. The molecule has 2 heterocycles. The monoisotopic (exact) mass is 941 g/mol. The molecule has 2 N–H and O–H groups in total. The van der Waals surface area contributed by atoms with Crippen LogP contribution in [0.3, 0.4) is 0 Å². The minimum absolute atomic E-state index is 0.0826. The van der Waals surface area contributed by atoms with Crippen molar-refractivity contribution >= 4 is 31.8 Å². The molecule has 2 aliphatic carbocycles. The Balaban J connectivity index is 0.757. The van der Waals surface area contributed by atoms with Crippen molar-refractivity contribution in [1.82, 2.24) is 20.6 Å². The van der Waals surface area contributed by atoms with E-state index in [1.165, 1.54) is 48.5 Å². The first-order chi connectivity index (χ1) is 31.3. The Hall–Kier alpha value is -2.90. The first kappa shape index (κ1) is 50.5. The minimum atomic E-state index is -2.24. The summed E-state index contributed by atoms with van der Waals surface area (Å²) in [4.78, 5) is 9.95. The average Bonchev–Trinajstić information content (AvgIpc) is 3.30. The highest BCUT2D eigenvalue weighted by Crippen LogP contribution is 2.46. The maximum Gasteiger partial charge on any atom is 0.697 e. The lowest BCUT2D eigenvalue weighted by Gasteiger charge is -2.38. The van der Waals surface area contributed by atoms with Crippen molar-refractivity contribution in [2.75, 3.05) is 37.8 Å². The Morgan fingerprint density at radius 3 is 1.39 bits per heavy atom. The van der Waals surface area contributed by atoms with Crippen LogP contribution in [0.2, 0.25) is 0 Å². The van der Waals surface area contributed by atoms with E-state index in [1.54, 1.807) is 36.7 Å². The van der Waals surface area contributed by atoms with Crippen LogP contribution in [0, 0.1) is 23.3 Å². The number of thioether (sulfide) groups is 2. The lowest BCUT2D eigenvalue weighted by atomic mass is 9.66. The van der Waals surface area contributed by atoms with Crippen LogP contribution < -0.4 is 10.6 Å². The Bertz CT molecular complexity index is 1900. The molecule has 7 nitrogen and oxygen atoms in total. The minimum Gasteiger partial charge on any atom is -0.311 e. The smallest absolute Gasteiger partial charge is 0.311 e. The molecule has 6 rings (SSSR count). The van der Waals surface area contributed by atoms with E-state index in [-0.39, 0.29) is 47.3 Å². The van der Waals surface area contributed by atoms with Crippen molar-refractivity contribution in [3.05, 3.63) is 119 Å². The second-order valence-corrected chi connectivity index (χ2v) is 20.7. The van der Waals surface area contributed by atoms with Crippen molar-refractivity contribution in [2.24, 2.45) is 0 Å². The number of rotatable bonds is 28. The Morgan fingerprint density at radius 1 is 0.562 bits per heavy atom. The van der Waals surface area contributed by atoms with Gasteiger partial charge in [0.05, 0.1) is 21.2 Å². The molecular weight excluding hydrogens is 876 g/mol. The summed E-state index contributed by atoms with van der Waals surface area (Å²) >= 11 is 2.96. The number of nitrogens with zero attached hydrogens (tertiary/aromatic N) is 2. The molecule has 14 heteroatoms. The van der Waals surface area contributed by atoms with Crippen molar-refractivity contribution in [3.8, 4) is 0 Å². The zero-order chi connectivity index (χ0) is 44.9. The first-order valence-electron chi connectivity index (χ1n) is 23.5. The molecule has 0 radical (unpaired) electrons. The molecule has 348 valence electrons. The highest BCUT2D eigenvalue weighted by molar-refractivity contribution is 7.99. The van der Waals surface area contributed by atoms with Crippen molar-refractivity contribution in [1.29, 1.82) is 0 Å². The fraction of sp³-hybridized carbons (Fsp3) is 0.560. The van der Waals surface area contributed by atoms with E-state index in [9.17, 15) is 22.1 Å². The summed E-state index contributed by atoms with van der Waals surface area (Å²) in [7, 11) is -2.24. The molecule has 0 spiro atoms. The van der Waals surface area contributed by atoms with Gasteiger partial charge in [-0.1, -0.05) is 87.8 Å². The van der Waals surface area contributed by atoms with Gasteiger partial charge in [-0.25, -0.2) is 17.6 Å². The van der Waals surface area contributed by atoms with E-state index in [1.807, 2.05) is 24.3 Å². The van der Waals surface area contributed by atoms with Gasteiger partial charge in [-0.05, 0) is 135 Å². The van der Waals surface area contributed by atoms with Gasteiger partial charge in [-0.15, -0.1) is 32.6 Å². The number of pyridine rings is 2. The number of nitrogens with one attached hydrogen (secondary N) is 2. The van der Waals surface area contributed by atoms with Crippen LogP contribution in [-0.2, 0) is 37.5 Å². The van der Waals surface area contributed by atoms with Crippen molar-refractivity contribution < 1.29 is 31.2 Å². The summed E-state index contributed by atoms with van der Waals surface area (Å²) in [5.74, 6) is 0.822. The van der Waals surface area contributed by atoms with E-state index in [0.717, 1.165) is 113 Å². The number of unbranched alkanes of at least 4 members (excludes halogenated alkanes) is 2. The summed E-state index contributed by atoms with van der Waals surface area (Å²) < 4.78 is 82.1. The number of aromatic nitrogens is 2. The van der Waals surface area contributed by atoms with Gasteiger partial charge in [0.1, 0.15) is 36.5 Å². The summed E-state index contributed by atoms with van der Waals surface area (Å²) in [5.41, 5.74) is 2.78. The fourth-order valence-corrected chi connectivity index (χ4v) is 11.9. The molecule has 0 saturated heterocycles. The lowest BCUT2D eigenvalue weighted by Crippen LogP contribution is -2.30. The number of halogens is 4. The first-order valence-corrected chi connectivity index (χ1v) is 26.5. The van der Waals surface area contributed by atoms with Crippen molar-refractivity contribution in [2.45, 2.75) is 149 Å². The van der Waals surface area contributed by atoms with E-state index < -0.39 is 8.25 Å². The Labute approximate surface area is 387 Å². The standard InChI is InChI=1S/C50H66F4N4O3PS2/c51-43-19-5-3-17-41(43)49(21-7-1-8-22-49)25-11-13-31-63-47-37-57-39(33-45(47)53)35-55-27-15-29-60-62(59)61-30-16-28-56-36-40-34-46(54)48(38-58-40)64-32-14-12-26-50(23-9-2-10-24-50)42-18-4-6-20-44(42)52/h3-6,17-20,33-34,37-38,55-56H,1-2,7-16,21-32,35-36H2/q+1. The van der Waals surface area contributed by atoms with E-state index >= 15 is 0 Å². The van der Waals surface area contributed by atoms with E-state index in [0.29, 0.717) is 60.2 Å². The molecule has 2 aromatic heterocycles. The van der Waals surface area contributed by atoms with Crippen LogP contribution in [0.25, 0.3) is 0 Å². The zero-order valence-corrected chi connectivity index (χ0v) is 39.7. The second kappa shape index (κ2) is 27.0. The molecule has 2 aromatic carbocycles. The van der Waals surface area contributed by atoms with Crippen LogP contribution in [0.5, 0.6) is 0 Å². The summed E-state index contributed by atoms with van der Waals surface area (Å²) in [6.45, 7) is 2.47. The number of hydrogen-bond donors (Lipinski definition) is 2. The molecule has 4 aromatic rings. The summed E-state index contributed by atoms with van der Waals surface area (Å²) in [5, 5.41) is 6.45. The molecule has 64 heavy (non-hydrogen) atoms. The topological polar surface area (TPSA) is 85.4 Å². The SMILES string of the molecule is O=[P+](OCCCNCc1cc(F)c(SCCCCC2(c3ccccc3F)CCCCC2)cn1)OCCCNCc1cc(F)c(SCCCCC2(c3ccccc3F)CCCCC2)cn1. The van der Waals surface area contributed by atoms with Gasteiger partial charge in [-0.3, -0.25) is 9.97 Å². The average molecular weight is 942 g/mol. The van der Waals surface area contributed by atoms with Crippen LogP contribution >= 0.6 is 31.8 Å². The van der Waals surface area contributed by atoms with Crippen LogP contribution in [0.15, 0.2) is 82.8 Å². The summed E-state index contributed by atoms with van der Waals surface area (Å²) in [6, 6.07) is 17.4. The molecule has 0 amide bonds. The van der Waals surface area contributed by atoms with E-state index in [4.69, 9.17) is 9.05 Å². The second-order valence-electron chi connectivity index (χ2n) is 17.4. The van der Waals surface area contributed by atoms with Gasteiger partial charge in [0.25, 0.3) is 0 Å². The molecule has 0 atom stereocenters.